The zero-order valence-corrected chi connectivity index (χ0v) is 14.1. The van der Waals surface area contributed by atoms with Crippen molar-refractivity contribution in [3.05, 3.63) is 66.0 Å². The van der Waals surface area contributed by atoms with Crippen LogP contribution in [0.5, 0.6) is 0 Å². The van der Waals surface area contributed by atoms with E-state index >= 15 is 0 Å². The Morgan fingerprint density at radius 2 is 1.96 bits per heavy atom. The number of likely N-dealkylation sites (tertiary alicyclic amines) is 1. The third-order valence-electron chi connectivity index (χ3n) is 4.76. The first-order valence-corrected chi connectivity index (χ1v) is 8.79. The van der Waals surface area contributed by atoms with Crippen LogP contribution >= 0.6 is 0 Å². The molecule has 0 radical (unpaired) electrons. The Labute approximate surface area is 147 Å². The van der Waals surface area contributed by atoms with E-state index in [4.69, 9.17) is 0 Å². The van der Waals surface area contributed by atoms with Crippen molar-refractivity contribution >= 4 is 16.9 Å². The fourth-order valence-corrected chi connectivity index (χ4v) is 3.29. The second-order valence-corrected chi connectivity index (χ2v) is 6.50. The number of aromatic nitrogens is 2. The molecule has 5 heteroatoms. The average Bonchev–Trinajstić information content (AvgIpc) is 3.02. The maximum Gasteiger partial charge on any atom is 0.237 e. The number of nitrogens with one attached hydrogen (secondary N) is 2. The summed E-state index contributed by atoms with van der Waals surface area (Å²) in [7, 11) is 0. The number of fused-ring (bicyclic) bond motifs is 1. The lowest BCUT2D eigenvalue weighted by Gasteiger charge is -2.39. The first kappa shape index (κ1) is 15.8. The number of carbonyl (C=O) groups excluding carboxylic acids is 1. The highest BCUT2D eigenvalue weighted by molar-refractivity contribution is 5.82. The van der Waals surface area contributed by atoms with Crippen LogP contribution < -0.4 is 5.32 Å². The predicted octanol–water partition coefficient (Wildman–Crippen LogP) is 2.50. The highest BCUT2D eigenvalue weighted by Crippen LogP contribution is 2.20. The minimum absolute atomic E-state index is 0.00382. The minimum atomic E-state index is -0.00382. The fourth-order valence-electron chi connectivity index (χ4n) is 3.29. The van der Waals surface area contributed by atoms with Crippen molar-refractivity contribution in [1.29, 1.82) is 0 Å². The number of imidazole rings is 1. The van der Waals surface area contributed by atoms with Crippen LogP contribution in [-0.4, -0.2) is 39.9 Å². The van der Waals surface area contributed by atoms with Crippen molar-refractivity contribution in [2.75, 3.05) is 13.1 Å². The number of rotatable bonds is 6. The van der Waals surface area contributed by atoms with E-state index in [2.05, 4.69) is 32.3 Å². The van der Waals surface area contributed by atoms with Gasteiger partial charge in [-0.15, -0.1) is 0 Å². The molecule has 128 valence electrons. The third kappa shape index (κ3) is 3.56. The maximum atomic E-state index is 12.4. The molecule has 3 aromatic rings. The lowest BCUT2D eigenvalue weighted by atomic mass is 10.0. The van der Waals surface area contributed by atoms with Gasteiger partial charge in [0.25, 0.3) is 0 Å². The molecule has 1 aliphatic rings. The molecular formula is C20H22N4O. The summed E-state index contributed by atoms with van der Waals surface area (Å²) in [4.78, 5) is 22.5. The third-order valence-corrected chi connectivity index (χ3v) is 4.76. The van der Waals surface area contributed by atoms with Gasteiger partial charge in [0.15, 0.2) is 0 Å². The summed E-state index contributed by atoms with van der Waals surface area (Å²) in [6.45, 7) is 2.42. The molecule has 0 aliphatic carbocycles. The van der Waals surface area contributed by atoms with Crippen molar-refractivity contribution < 1.29 is 4.79 Å². The fraction of sp³-hybridized carbons (Fsp3) is 0.300. The van der Waals surface area contributed by atoms with Crippen LogP contribution in [0.3, 0.4) is 0 Å². The molecule has 1 saturated heterocycles. The number of carbonyl (C=O) groups is 1. The van der Waals surface area contributed by atoms with E-state index in [-0.39, 0.29) is 11.9 Å². The van der Waals surface area contributed by atoms with Crippen LogP contribution in [-0.2, 0) is 17.8 Å². The summed E-state index contributed by atoms with van der Waals surface area (Å²) < 4.78 is 0. The second-order valence-electron chi connectivity index (χ2n) is 6.50. The van der Waals surface area contributed by atoms with E-state index in [1.54, 1.807) is 0 Å². The van der Waals surface area contributed by atoms with Gasteiger partial charge in [-0.05, 0) is 24.1 Å². The Bertz CT molecular complexity index is 825. The summed E-state index contributed by atoms with van der Waals surface area (Å²) in [5, 5.41) is 3.05. The van der Waals surface area contributed by atoms with Gasteiger partial charge in [0.2, 0.25) is 5.91 Å². The monoisotopic (exact) mass is 334 g/mol. The van der Waals surface area contributed by atoms with E-state index < -0.39 is 0 Å². The Kier molecular flexibility index (Phi) is 4.48. The molecule has 1 atom stereocenters. The SMILES string of the molecule is O=C(NCCc1nc2ccccc2[nH]1)[C@H]1CCN1Cc1ccccc1. The summed E-state index contributed by atoms with van der Waals surface area (Å²) in [6, 6.07) is 18.3. The van der Waals surface area contributed by atoms with E-state index in [1.165, 1.54) is 5.56 Å². The molecule has 2 N–H and O–H groups in total. The van der Waals surface area contributed by atoms with Gasteiger partial charge in [-0.25, -0.2) is 4.98 Å². The Morgan fingerprint density at radius 1 is 1.16 bits per heavy atom. The highest BCUT2D eigenvalue weighted by atomic mass is 16.2. The van der Waals surface area contributed by atoms with Crippen molar-refractivity contribution in [3.8, 4) is 0 Å². The molecule has 0 saturated carbocycles. The number of aromatic amines is 1. The molecule has 4 rings (SSSR count). The molecule has 25 heavy (non-hydrogen) atoms. The molecule has 2 heterocycles. The van der Waals surface area contributed by atoms with Gasteiger partial charge in [-0.2, -0.15) is 0 Å². The van der Waals surface area contributed by atoms with E-state index in [9.17, 15) is 4.79 Å². The lowest BCUT2D eigenvalue weighted by molar-refractivity contribution is -0.131. The molecule has 0 bridgehead atoms. The molecular weight excluding hydrogens is 312 g/mol. The number of nitrogens with zero attached hydrogens (tertiary/aromatic N) is 2. The smallest absolute Gasteiger partial charge is 0.237 e. The van der Waals surface area contributed by atoms with Gasteiger partial charge in [0.1, 0.15) is 5.82 Å². The van der Waals surface area contributed by atoms with E-state index in [1.807, 2.05) is 42.5 Å². The number of H-pyrrole nitrogens is 1. The van der Waals surface area contributed by atoms with Gasteiger partial charge in [0.05, 0.1) is 17.1 Å². The van der Waals surface area contributed by atoms with Crippen LogP contribution in [0, 0.1) is 0 Å². The lowest BCUT2D eigenvalue weighted by Crippen LogP contribution is -2.55. The van der Waals surface area contributed by atoms with Crippen LogP contribution in [0.2, 0.25) is 0 Å². The Balaban J connectivity index is 1.27. The van der Waals surface area contributed by atoms with Crippen molar-refractivity contribution in [2.24, 2.45) is 0 Å². The van der Waals surface area contributed by atoms with Crippen LogP contribution in [0.4, 0.5) is 0 Å². The average molecular weight is 334 g/mol. The first-order chi connectivity index (χ1) is 12.3. The highest BCUT2D eigenvalue weighted by Gasteiger charge is 2.33. The molecule has 0 unspecified atom stereocenters. The van der Waals surface area contributed by atoms with Crippen molar-refractivity contribution in [3.63, 3.8) is 0 Å². The van der Waals surface area contributed by atoms with Gasteiger partial charge < -0.3 is 10.3 Å². The summed E-state index contributed by atoms with van der Waals surface area (Å²) in [5.41, 5.74) is 3.26. The maximum absolute atomic E-state index is 12.4. The quantitative estimate of drug-likeness (QED) is 0.728. The number of para-hydroxylation sites is 2. The largest absolute Gasteiger partial charge is 0.354 e. The van der Waals surface area contributed by atoms with Gasteiger partial charge in [-0.3, -0.25) is 9.69 Å². The van der Waals surface area contributed by atoms with Crippen LogP contribution in [0.25, 0.3) is 11.0 Å². The summed E-state index contributed by atoms with van der Waals surface area (Å²) >= 11 is 0. The van der Waals surface area contributed by atoms with Crippen molar-refractivity contribution in [2.45, 2.75) is 25.4 Å². The number of hydrogen-bond acceptors (Lipinski definition) is 3. The predicted molar refractivity (Wildman–Crippen MR) is 98.1 cm³/mol. The molecule has 1 aliphatic heterocycles. The molecule has 1 amide bonds. The normalized spacial score (nSPS) is 17.4. The molecule has 0 spiro atoms. The Morgan fingerprint density at radius 3 is 2.72 bits per heavy atom. The van der Waals surface area contributed by atoms with Gasteiger partial charge in [-0.1, -0.05) is 42.5 Å². The topological polar surface area (TPSA) is 61.0 Å². The number of amides is 1. The standard InChI is InChI=1S/C20H22N4O/c25-20(18-11-13-24(18)14-15-6-2-1-3-7-15)21-12-10-19-22-16-8-4-5-9-17(16)23-19/h1-9,18H,10-14H2,(H,21,25)(H,22,23)/t18-/m1/s1. The molecule has 1 aromatic heterocycles. The van der Waals surface area contributed by atoms with Crippen LogP contribution in [0.15, 0.2) is 54.6 Å². The number of hydrogen-bond donors (Lipinski definition) is 2. The van der Waals surface area contributed by atoms with Gasteiger partial charge >= 0.3 is 0 Å². The van der Waals surface area contributed by atoms with Crippen LogP contribution in [0.1, 0.15) is 17.8 Å². The molecule has 5 nitrogen and oxygen atoms in total. The summed E-state index contributed by atoms with van der Waals surface area (Å²) in [5.74, 6) is 1.04. The zero-order valence-electron chi connectivity index (χ0n) is 14.1. The van der Waals surface area contributed by atoms with E-state index in [0.29, 0.717) is 13.0 Å². The first-order valence-electron chi connectivity index (χ1n) is 8.79. The van der Waals surface area contributed by atoms with Crippen molar-refractivity contribution in [1.82, 2.24) is 20.2 Å². The second kappa shape index (κ2) is 7.07. The van der Waals surface area contributed by atoms with E-state index in [0.717, 1.165) is 36.4 Å². The Hall–Kier alpha value is -2.66. The minimum Gasteiger partial charge on any atom is -0.354 e. The zero-order chi connectivity index (χ0) is 17.1. The molecule has 2 aromatic carbocycles. The molecule has 1 fully saturated rings. The van der Waals surface area contributed by atoms with Gasteiger partial charge in [0, 0.05) is 26.1 Å². The summed E-state index contributed by atoms with van der Waals surface area (Å²) in [6.07, 6.45) is 1.65. The number of benzene rings is 2.